The normalized spacial score (nSPS) is 23.8. The van der Waals surface area contributed by atoms with E-state index in [1.54, 1.807) is 0 Å². The Labute approximate surface area is 106 Å². The molecule has 1 aromatic rings. The van der Waals surface area contributed by atoms with E-state index in [1.165, 1.54) is 19.3 Å². The summed E-state index contributed by atoms with van der Waals surface area (Å²) < 4.78 is 1.83. The van der Waals surface area contributed by atoms with Gasteiger partial charge in [-0.05, 0) is 30.4 Å². The Kier molecular flexibility index (Phi) is 3.77. The molecule has 90 valence electrons. The van der Waals surface area contributed by atoms with Crippen LogP contribution in [0.15, 0.2) is 0 Å². The minimum atomic E-state index is 0.447. The lowest BCUT2D eigenvalue weighted by atomic mass is 10.2. The van der Waals surface area contributed by atoms with Crippen LogP contribution in [-0.2, 0) is 13.6 Å². The first-order chi connectivity index (χ1) is 7.63. The highest BCUT2D eigenvalue weighted by atomic mass is 35.5. The van der Waals surface area contributed by atoms with E-state index in [2.05, 4.69) is 17.2 Å². The molecule has 5 heteroatoms. The maximum atomic E-state index is 6.00. The molecule has 0 aromatic carbocycles. The van der Waals surface area contributed by atoms with Gasteiger partial charge in [-0.2, -0.15) is 0 Å². The van der Waals surface area contributed by atoms with E-state index in [-0.39, 0.29) is 0 Å². The van der Waals surface area contributed by atoms with Crippen molar-refractivity contribution in [1.29, 1.82) is 0 Å². The topological polar surface area (TPSA) is 29.9 Å². The van der Waals surface area contributed by atoms with Gasteiger partial charge >= 0.3 is 0 Å². The highest BCUT2D eigenvalue weighted by molar-refractivity contribution is 6.32. The van der Waals surface area contributed by atoms with Gasteiger partial charge in [-0.3, -0.25) is 0 Å². The SMILES string of the molecule is CCCC1CC1NCc1c(Cl)nc(Cl)n1C. The van der Waals surface area contributed by atoms with Crippen molar-refractivity contribution < 1.29 is 0 Å². The fourth-order valence-electron chi connectivity index (χ4n) is 2.08. The molecular formula is C11H17Cl2N3. The van der Waals surface area contributed by atoms with Crippen molar-refractivity contribution in [2.24, 2.45) is 13.0 Å². The quantitative estimate of drug-likeness (QED) is 0.884. The summed E-state index contributed by atoms with van der Waals surface area (Å²) in [5.74, 6) is 0.854. The zero-order valence-electron chi connectivity index (χ0n) is 9.63. The van der Waals surface area contributed by atoms with Crippen LogP contribution in [0.4, 0.5) is 0 Å². The second-order valence-corrected chi connectivity index (χ2v) is 5.15. The molecule has 16 heavy (non-hydrogen) atoms. The maximum absolute atomic E-state index is 6.00. The zero-order chi connectivity index (χ0) is 11.7. The van der Waals surface area contributed by atoms with Gasteiger partial charge in [0.05, 0.1) is 5.69 Å². The lowest BCUT2D eigenvalue weighted by molar-refractivity contribution is 0.585. The van der Waals surface area contributed by atoms with Crippen molar-refractivity contribution in [2.75, 3.05) is 0 Å². The van der Waals surface area contributed by atoms with E-state index < -0.39 is 0 Å². The van der Waals surface area contributed by atoms with Gasteiger partial charge in [-0.1, -0.05) is 24.9 Å². The Morgan fingerprint density at radius 1 is 1.50 bits per heavy atom. The van der Waals surface area contributed by atoms with Gasteiger partial charge in [0.2, 0.25) is 5.28 Å². The van der Waals surface area contributed by atoms with Gasteiger partial charge in [0.1, 0.15) is 0 Å². The van der Waals surface area contributed by atoms with E-state index in [9.17, 15) is 0 Å². The minimum Gasteiger partial charge on any atom is -0.319 e. The van der Waals surface area contributed by atoms with Crippen molar-refractivity contribution in [3.8, 4) is 0 Å². The van der Waals surface area contributed by atoms with Crippen LogP contribution in [0.1, 0.15) is 31.9 Å². The number of hydrogen-bond donors (Lipinski definition) is 1. The molecule has 3 nitrogen and oxygen atoms in total. The number of hydrogen-bond acceptors (Lipinski definition) is 2. The highest BCUT2D eigenvalue weighted by Crippen LogP contribution is 2.35. The molecule has 0 radical (unpaired) electrons. The first-order valence-electron chi connectivity index (χ1n) is 5.73. The number of nitrogens with one attached hydrogen (secondary N) is 1. The monoisotopic (exact) mass is 261 g/mol. The number of halogens is 2. The third kappa shape index (κ3) is 2.53. The fourth-order valence-corrected chi connectivity index (χ4v) is 2.58. The van der Waals surface area contributed by atoms with Gasteiger partial charge in [0, 0.05) is 19.6 Å². The summed E-state index contributed by atoms with van der Waals surface area (Å²) in [6, 6.07) is 0.657. The third-order valence-corrected chi connectivity index (χ3v) is 3.86. The van der Waals surface area contributed by atoms with Crippen LogP contribution in [0.25, 0.3) is 0 Å². The van der Waals surface area contributed by atoms with Crippen LogP contribution in [0.5, 0.6) is 0 Å². The average molecular weight is 262 g/mol. The first-order valence-corrected chi connectivity index (χ1v) is 6.49. The number of nitrogens with zero attached hydrogens (tertiary/aromatic N) is 2. The molecule has 2 rings (SSSR count). The Morgan fingerprint density at radius 2 is 2.25 bits per heavy atom. The van der Waals surface area contributed by atoms with Gasteiger partial charge in [0.15, 0.2) is 5.15 Å². The van der Waals surface area contributed by atoms with Gasteiger partial charge in [-0.25, -0.2) is 4.98 Å². The van der Waals surface area contributed by atoms with Gasteiger partial charge in [-0.15, -0.1) is 0 Å². The fraction of sp³-hybridized carbons (Fsp3) is 0.727. The van der Waals surface area contributed by atoms with E-state index in [0.29, 0.717) is 16.5 Å². The largest absolute Gasteiger partial charge is 0.319 e. The molecule has 1 saturated carbocycles. The third-order valence-electron chi connectivity index (χ3n) is 3.22. The molecule has 1 aliphatic carbocycles. The summed E-state index contributed by atoms with van der Waals surface area (Å²) in [6.07, 6.45) is 3.87. The van der Waals surface area contributed by atoms with Gasteiger partial charge < -0.3 is 9.88 Å². The Hall–Kier alpha value is -0.250. The lowest BCUT2D eigenvalue weighted by Gasteiger charge is -2.05. The van der Waals surface area contributed by atoms with Crippen LogP contribution in [-0.4, -0.2) is 15.6 Å². The second kappa shape index (κ2) is 4.94. The second-order valence-electron chi connectivity index (χ2n) is 4.45. The van der Waals surface area contributed by atoms with Crippen molar-refractivity contribution in [1.82, 2.24) is 14.9 Å². The van der Waals surface area contributed by atoms with E-state index >= 15 is 0 Å². The molecule has 2 unspecified atom stereocenters. The first kappa shape index (κ1) is 12.2. The smallest absolute Gasteiger partial charge is 0.204 e. The predicted molar refractivity (Wildman–Crippen MR) is 66.9 cm³/mol. The number of aromatic nitrogens is 2. The van der Waals surface area contributed by atoms with Crippen molar-refractivity contribution in [2.45, 2.75) is 38.8 Å². The van der Waals surface area contributed by atoms with E-state index in [1.807, 2.05) is 11.6 Å². The number of imidazole rings is 1. The molecule has 0 saturated heterocycles. The van der Waals surface area contributed by atoms with Crippen molar-refractivity contribution >= 4 is 23.2 Å². The van der Waals surface area contributed by atoms with Crippen LogP contribution in [0.2, 0.25) is 10.4 Å². The molecular weight excluding hydrogens is 245 g/mol. The van der Waals surface area contributed by atoms with E-state index in [0.717, 1.165) is 18.2 Å². The van der Waals surface area contributed by atoms with Crippen molar-refractivity contribution in [3.63, 3.8) is 0 Å². The summed E-state index contributed by atoms with van der Waals surface area (Å²) in [4.78, 5) is 4.02. The summed E-state index contributed by atoms with van der Waals surface area (Å²) in [5, 5.41) is 4.45. The molecule has 1 aromatic heterocycles. The minimum absolute atomic E-state index is 0.447. The summed E-state index contributed by atoms with van der Waals surface area (Å²) in [7, 11) is 1.88. The molecule has 0 aliphatic heterocycles. The Bertz CT molecular complexity index is 376. The molecule has 1 N–H and O–H groups in total. The van der Waals surface area contributed by atoms with Gasteiger partial charge in [0.25, 0.3) is 0 Å². The molecule has 0 spiro atoms. The molecule has 0 bridgehead atoms. The number of rotatable bonds is 5. The Morgan fingerprint density at radius 3 is 2.81 bits per heavy atom. The summed E-state index contributed by atoms with van der Waals surface area (Å²) in [6.45, 7) is 2.98. The lowest BCUT2D eigenvalue weighted by Crippen LogP contribution is -2.19. The Balaban J connectivity index is 1.86. The zero-order valence-corrected chi connectivity index (χ0v) is 11.1. The van der Waals surface area contributed by atoms with E-state index in [4.69, 9.17) is 23.2 Å². The molecule has 1 aliphatic rings. The van der Waals surface area contributed by atoms with Crippen molar-refractivity contribution in [3.05, 3.63) is 16.1 Å². The highest BCUT2D eigenvalue weighted by Gasteiger charge is 2.35. The molecule has 1 fully saturated rings. The molecule has 2 atom stereocenters. The molecule has 0 amide bonds. The predicted octanol–water partition coefficient (Wildman–Crippen LogP) is 3.01. The van der Waals surface area contributed by atoms with Crippen LogP contribution >= 0.6 is 23.2 Å². The average Bonchev–Trinajstić information content (AvgIpc) is 2.91. The maximum Gasteiger partial charge on any atom is 0.204 e. The molecule has 1 heterocycles. The summed E-state index contributed by atoms with van der Waals surface area (Å²) in [5.41, 5.74) is 0.966. The van der Waals surface area contributed by atoms with Crippen LogP contribution in [0, 0.1) is 5.92 Å². The van der Waals surface area contributed by atoms with Crippen LogP contribution in [0.3, 0.4) is 0 Å². The van der Waals surface area contributed by atoms with Crippen LogP contribution < -0.4 is 5.32 Å². The standard InChI is InChI=1S/C11H17Cl2N3/c1-3-4-7-5-8(7)14-6-9-10(12)15-11(13)16(9)2/h7-8,14H,3-6H2,1-2H3. The summed E-state index contributed by atoms with van der Waals surface area (Å²) >= 11 is 11.9.